The summed E-state index contributed by atoms with van der Waals surface area (Å²) in [7, 11) is 0. The standard InChI is InChI=1S/C16H12Cl2N4O3S2/c17-9-3-4-11(12(18)6-9)14(24)20-15-21-22-16(27-15)26-8-13(23)19-7-10-2-1-5-25-10/h1-6H,7-8H2,(H,19,23)(H,20,21,24). The van der Waals surface area contributed by atoms with Crippen LogP contribution >= 0.6 is 46.3 Å². The van der Waals surface area contributed by atoms with Crippen molar-refractivity contribution in [3.8, 4) is 0 Å². The lowest BCUT2D eigenvalue weighted by Crippen LogP contribution is -2.24. The molecule has 0 aliphatic heterocycles. The molecule has 0 bridgehead atoms. The number of amides is 2. The lowest BCUT2D eigenvalue weighted by atomic mass is 10.2. The molecule has 0 atom stereocenters. The number of rotatable bonds is 7. The summed E-state index contributed by atoms with van der Waals surface area (Å²) in [6, 6.07) is 8.12. The number of aromatic nitrogens is 2. The van der Waals surface area contributed by atoms with Crippen LogP contribution in [0.15, 0.2) is 45.4 Å². The molecule has 3 rings (SSSR count). The predicted octanol–water partition coefficient (Wildman–Crippen LogP) is 4.10. The maximum Gasteiger partial charge on any atom is 0.259 e. The van der Waals surface area contributed by atoms with E-state index in [-0.39, 0.29) is 22.2 Å². The number of nitrogens with one attached hydrogen (secondary N) is 2. The highest BCUT2D eigenvalue weighted by atomic mass is 35.5. The van der Waals surface area contributed by atoms with E-state index in [0.717, 1.165) is 11.3 Å². The van der Waals surface area contributed by atoms with Crippen molar-refractivity contribution in [2.75, 3.05) is 11.1 Å². The van der Waals surface area contributed by atoms with E-state index in [1.807, 2.05) is 0 Å². The minimum atomic E-state index is -0.416. The van der Waals surface area contributed by atoms with Crippen LogP contribution in [-0.4, -0.2) is 27.8 Å². The molecule has 2 aromatic heterocycles. The normalized spacial score (nSPS) is 10.6. The molecule has 0 aliphatic carbocycles. The average Bonchev–Trinajstić information content (AvgIpc) is 3.30. The van der Waals surface area contributed by atoms with E-state index in [1.165, 1.54) is 23.9 Å². The first-order chi connectivity index (χ1) is 13.0. The van der Waals surface area contributed by atoms with Crippen LogP contribution in [0.3, 0.4) is 0 Å². The van der Waals surface area contributed by atoms with Gasteiger partial charge in [0, 0.05) is 5.02 Å². The molecule has 0 radical (unpaired) electrons. The topological polar surface area (TPSA) is 97.1 Å². The second-order valence-electron chi connectivity index (χ2n) is 5.10. The average molecular weight is 443 g/mol. The molecular formula is C16H12Cl2N4O3S2. The molecule has 7 nitrogen and oxygen atoms in total. The van der Waals surface area contributed by atoms with Crippen LogP contribution in [0.2, 0.25) is 10.0 Å². The number of carbonyl (C=O) groups is 2. The van der Waals surface area contributed by atoms with Crippen molar-refractivity contribution in [2.24, 2.45) is 0 Å². The van der Waals surface area contributed by atoms with Gasteiger partial charge in [-0.3, -0.25) is 14.9 Å². The third kappa shape index (κ3) is 5.70. The highest BCUT2D eigenvalue weighted by molar-refractivity contribution is 8.01. The summed E-state index contributed by atoms with van der Waals surface area (Å²) in [5, 5.41) is 14.2. The molecule has 0 fully saturated rings. The van der Waals surface area contributed by atoms with Gasteiger partial charge in [-0.05, 0) is 30.3 Å². The fourth-order valence-electron chi connectivity index (χ4n) is 1.93. The van der Waals surface area contributed by atoms with Crippen LogP contribution < -0.4 is 10.6 Å². The lowest BCUT2D eigenvalue weighted by Gasteiger charge is -2.03. The van der Waals surface area contributed by atoms with Crippen LogP contribution in [0.4, 0.5) is 5.13 Å². The molecule has 3 aromatic rings. The molecule has 0 saturated carbocycles. The number of furan rings is 1. The number of hydrogen-bond donors (Lipinski definition) is 2. The van der Waals surface area contributed by atoms with E-state index in [9.17, 15) is 9.59 Å². The summed E-state index contributed by atoms with van der Waals surface area (Å²) in [6.45, 7) is 0.325. The van der Waals surface area contributed by atoms with Gasteiger partial charge in [0.15, 0.2) is 4.34 Å². The minimum absolute atomic E-state index is 0.162. The van der Waals surface area contributed by atoms with E-state index in [2.05, 4.69) is 20.8 Å². The molecule has 140 valence electrons. The number of hydrogen-bond acceptors (Lipinski definition) is 7. The van der Waals surface area contributed by atoms with Crippen molar-refractivity contribution in [3.63, 3.8) is 0 Å². The molecule has 0 spiro atoms. The molecule has 27 heavy (non-hydrogen) atoms. The van der Waals surface area contributed by atoms with Gasteiger partial charge >= 0.3 is 0 Å². The molecular weight excluding hydrogens is 431 g/mol. The Labute approximate surface area is 172 Å². The zero-order valence-corrected chi connectivity index (χ0v) is 16.7. The number of halogens is 2. The Hall–Kier alpha value is -2.07. The molecule has 2 N–H and O–H groups in total. The summed E-state index contributed by atoms with van der Waals surface area (Å²) in [6.07, 6.45) is 1.55. The summed E-state index contributed by atoms with van der Waals surface area (Å²) in [4.78, 5) is 24.1. The Bertz CT molecular complexity index is 947. The van der Waals surface area contributed by atoms with Gasteiger partial charge in [-0.2, -0.15) is 0 Å². The van der Waals surface area contributed by atoms with E-state index < -0.39 is 5.91 Å². The predicted molar refractivity (Wildman–Crippen MR) is 106 cm³/mol. The number of thioether (sulfide) groups is 1. The minimum Gasteiger partial charge on any atom is -0.467 e. The summed E-state index contributed by atoms with van der Waals surface area (Å²) in [5.74, 6) is 0.271. The first-order valence-corrected chi connectivity index (χ1v) is 10.1. The summed E-state index contributed by atoms with van der Waals surface area (Å²) < 4.78 is 5.70. The molecule has 11 heteroatoms. The molecule has 1 aromatic carbocycles. The van der Waals surface area contributed by atoms with Gasteiger partial charge in [-0.1, -0.05) is 46.3 Å². The zero-order valence-electron chi connectivity index (χ0n) is 13.6. The molecule has 0 aliphatic rings. The Morgan fingerprint density at radius 1 is 1.22 bits per heavy atom. The zero-order chi connectivity index (χ0) is 19.2. The Balaban J connectivity index is 1.49. The second-order valence-corrected chi connectivity index (χ2v) is 8.14. The third-order valence-corrected chi connectivity index (χ3v) is 5.69. The van der Waals surface area contributed by atoms with Crippen molar-refractivity contribution in [3.05, 3.63) is 58.0 Å². The monoisotopic (exact) mass is 442 g/mol. The molecule has 2 amide bonds. The maximum atomic E-state index is 12.2. The highest BCUT2D eigenvalue weighted by Gasteiger charge is 2.14. The smallest absolute Gasteiger partial charge is 0.259 e. The van der Waals surface area contributed by atoms with E-state index in [4.69, 9.17) is 27.6 Å². The SMILES string of the molecule is O=C(CSc1nnc(NC(=O)c2ccc(Cl)cc2Cl)s1)NCc1ccco1. The number of nitrogens with zero attached hydrogens (tertiary/aromatic N) is 2. The fourth-order valence-corrected chi connectivity index (χ4v) is 4.01. The lowest BCUT2D eigenvalue weighted by molar-refractivity contribution is -0.118. The van der Waals surface area contributed by atoms with Crippen LogP contribution in [0.5, 0.6) is 0 Å². The van der Waals surface area contributed by atoms with E-state index in [0.29, 0.717) is 26.8 Å². The number of carbonyl (C=O) groups excluding carboxylic acids is 2. The maximum absolute atomic E-state index is 12.2. The van der Waals surface area contributed by atoms with E-state index >= 15 is 0 Å². The van der Waals surface area contributed by atoms with Gasteiger partial charge in [0.05, 0.1) is 29.1 Å². The highest BCUT2D eigenvalue weighted by Crippen LogP contribution is 2.27. The number of benzene rings is 1. The van der Waals surface area contributed by atoms with E-state index in [1.54, 1.807) is 24.5 Å². The summed E-state index contributed by atoms with van der Waals surface area (Å²) in [5.41, 5.74) is 0.280. The quantitative estimate of drug-likeness (QED) is 0.422. The summed E-state index contributed by atoms with van der Waals surface area (Å²) >= 11 is 14.2. The second kappa shape index (κ2) is 9.23. The first kappa shape index (κ1) is 19.7. The Morgan fingerprint density at radius 3 is 2.81 bits per heavy atom. The van der Waals surface area contributed by atoms with Gasteiger partial charge in [-0.15, -0.1) is 10.2 Å². The van der Waals surface area contributed by atoms with Crippen molar-refractivity contribution < 1.29 is 14.0 Å². The first-order valence-electron chi connectivity index (χ1n) is 7.53. The van der Waals surface area contributed by atoms with Gasteiger partial charge in [0.2, 0.25) is 11.0 Å². The Kier molecular flexibility index (Phi) is 6.73. The molecule has 0 unspecified atom stereocenters. The van der Waals surface area contributed by atoms with Crippen LogP contribution in [0.1, 0.15) is 16.1 Å². The number of anilines is 1. The largest absolute Gasteiger partial charge is 0.467 e. The van der Waals surface area contributed by atoms with Crippen LogP contribution in [0, 0.1) is 0 Å². The molecule has 0 saturated heterocycles. The van der Waals surface area contributed by atoms with Gasteiger partial charge in [0.1, 0.15) is 5.76 Å². The fraction of sp³-hybridized carbons (Fsp3) is 0.125. The third-order valence-electron chi connectivity index (χ3n) is 3.17. The Morgan fingerprint density at radius 2 is 2.07 bits per heavy atom. The van der Waals surface area contributed by atoms with Crippen molar-refractivity contribution in [1.29, 1.82) is 0 Å². The van der Waals surface area contributed by atoms with Gasteiger partial charge in [-0.25, -0.2) is 0 Å². The van der Waals surface area contributed by atoms with Crippen LogP contribution in [0.25, 0.3) is 0 Å². The van der Waals surface area contributed by atoms with Crippen molar-refractivity contribution in [1.82, 2.24) is 15.5 Å². The van der Waals surface area contributed by atoms with Crippen molar-refractivity contribution in [2.45, 2.75) is 10.9 Å². The molecule has 2 heterocycles. The van der Waals surface area contributed by atoms with Gasteiger partial charge < -0.3 is 9.73 Å². The van der Waals surface area contributed by atoms with Gasteiger partial charge in [0.25, 0.3) is 5.91 Å². The van der Waals surface area contributed by atoms with Crippen molar-refractivity contribution >= 4 is 63.2 Å². The van der Waals surface area contributed by atoms with Crippen LogP contribution in [-0.2, 0) is 11.3 Å².